The maximum absolute atomic E-state index is 12.0. The highest BCUT2D eigenvalue weighted by Crippen LogP contribution is 2.24. The quantitative estimate of drug-likeness (QED) is 0.840. The van der Waals surface area contributed by atoms with Crippen LogP contribution in [-0.2, 0) is 4.79 Å². The number of nitrogens with zero attached hydrogens (tertiary/aromatic N) is 2. The van der Waals surface area contributed by atoms with Crippen LogP contribution in [-0.4, -0.2) is 40.4 Å². The SMILES string of the molecule is CN(NC(=O)C1CSCCS1)c1ccncc1. The highest BCUT2D eigenvalue weighted by Gasteiger charge is 2.22. The van der Waals surface area contributed by atoms with E-state index in [0.717, 1.165) is 22.9 Å². The fourth-order valence-corrected chi connectivity index (χ4v) is 4.06. The van der Waals surface area contributed by atoms with Crippen molar-refractivity contribution in [3.63, 3.8) is 0 Å². The minimum atomic E-state index is 0.0676. The van der Waals surface area contributed by atoms with Crippen molar-refractivity contribution >= 4 is 35.1 Å². The van der Waals surface area contributed by atoms with E-state index in [0.29, 0.717) is 0 Å². The summed E-state index contributed by atoms with van der Waals surface area (Å²) in [6.07, 6.45) is 3.42. The molecule has 2 heterocycles. The smallest absolute Gasteiger partial charge is 0.252 e. The maximum atomic E-state index is 12.0. The summed E-state index contributed by atoms with van der Waals surface area (Å²) < 4.78 is 0. The normalized spacial score (nSPS) is 19.7. The number of amides is 1. The molecule has 2 rings (SSSR count). The number of hydrazine groups is 1. The highest BCUT2D eigenvalue weighted by molar-refractivity contribution is 8.07. The molecule has 0 aliphatic carbocycles. The zero-order chi connectivity index (χ0) is 12.1. The highest BCUT2D eigenvalue weighted by atomic mass is 32.2. The van der Waals surface area contributed by atoms with Gasteiger partial charge in [0.05, 0.1) is 10.9 Å². The third-order valence-electron chi connectivity index (χ3n) is 2.44. The summed E-state index contributed by atoms with van der Waals surface area (Å²) in [6.45, 7) is 0. The van der Waals surface area contributed by atoms with Crippen molar-refractivity contribution in [1.82, 2.24) is 10.4 Å². The van der Waals surface area contributed by atoms with Crippen molar-refractivity contribution < 1.29 is 4.79 Å². The Labute approximate surface area is 110 Å². The lowest BCUT2D eigenvalue weighted by Crippen LogP contribution is -2.45. The van der Waals surface area contributed by atoms with Crippen LogP contribution in [0.1, 0.15) is 0 Å². The van der Waals surface area contributed by atoms with Crippen LogP contribution in [0, 0.1) is 0 Å². The summed E-state index contributed by atoms with van der Waals surface area (Å²) in [6, 6.07) is 3.73. The van der Waals surface area contributed by atoms with Crippen LogP contribution in [0.15, 0.2) is 24.5 Å². The van der Waals surface area contributed by atoms with Gasteiger partial charge in [0.15, 0.2) is 0 Å². The summed E-state index contributed by atoms with van der Waals surface area (Å²) in [5.74, 6) is 3.19. The average Bonchev–Trinajstić information content (AvgIpc) is 2.40. The van der Waals surface area contributed by atoms with Crippen molar-refractivity contribution in [3.05, 3.63) is 24.5 Å². The molecule has 17 heavy (non-hydrogen) atoms. The van der Waals surface area contributed by atoms with Crippen LogP contribution >= 0.6 is 23.5 Å². The molecule has 1 aliphatic rings. The van der Waals surface area contributed by atoms with Gasteiger partial charge in [-0.1, -0.05) is 0 Å². The first-order chi connectivity index (χ1) is 8.27. The number of aromatic nitrogens is 1. The van der Waals surface area contributed by atoms with E-state index >= 15 is 0 Å². The molecular weight excluding hydrogens is 254 g/mol. The summed E-state index contributed by atoms with van der Waals surface area (Å²) in [7, 11) is 1.84. The molecule has 6 heteroatoms. The van der Waals surface area contributed by atoms with Gasteiger partial charge in [0, 0.05) is 36.7 Å². The molecule has 0 radical (unpaired) electrons. The second-order valence-corrected chi connectivity index (χ2v) is 6.14. The Balaban J connectivity index is 1.89. The number of carbonyl (C=O) groups excluding carboxylic acids is 1. The maximum Gasteiger partial charge on any atom is 0.252 e. The molecule has 1 unspecified atom stereocenters. The van der Waals surface area contributed by atoms with Gasteiger partial charge in [0.1, 0.15) is 0 Å². The minimum absolute atomic E-state index is 0.0676. The van der Waals surface area contributed by atoms with Crippen LogP contribution in [0.5, 0.6) is 0 Å². The van der Waals surface area contributed by atoms with Gasteiger partial charge >= 0.3 is 0 Å². The third-order valence-corrected chi connectivity index (χ3v) is 5.19. The molecule has 1 aromatic heterocycles. The fraction of sp³-hybridized carbons (Fsp3) is 0.455. The molecule has 1 N–H and O–H groups in total. The number of pyridine rings is 1. The van der Waals surface area contributed by atoms with Crippen molar-refractivity contribution in [3.8, 4) is 0 Å². The van der Waals surface area contributed by atoms with Crippen LogP contribution < -0.4 is 10.4 Å². The van der Waals surface area contributed by atoms with Gasteiger partial charge in [-0.25, -0.2) is 0 Å². The first-order valence-corrected chi connectivity index (χ1v) is 7.61. The van der Waals surface area contributed by atoms with E-state index in [4.69, 9.17) is 0 Å². The number of hydrogen-bond acceptors (Lipinski definition) is 5. The molecule has 0 saturated carbocycles. The van der Waals surface area contributed by atoms with Crippen molar-refractivity contribution in [2.75, 3.05) is 29.3 Å². The number of anilines is 1. The summed E-state index contributed by atoms with van der Waals surface area (Å²) in [5.41, 5.74) is 3.83. The van der Waals surface area contributed by atoms with Gasteiger partial charge in [-0.2, -0.15) is 11.8 Å². The molecule has 0 spiro atoms. The Morgan fingerprint density at radius 1 is 1.47 bits per heavy atom. The Hall–Kier alpha value is -0.880. The standard InChI is InChI=1S/C11H15N3OS2/c1-14(9-2-4-12-5-3-9)13-11(15)10-8-16-6-7-17-10/h2-5,10H,6-8H2,1H3,(H,13,15). The van der Waals surface area contributed by atoms with E-state index in [1.54, 1.807) is 29.2 Å². The molecule has 4 nitrogen and oxygen atoms in total. The molecule has 0 bridgehead atoms. The number of hydrogen-bond donors (Lipinski definition) is 1. The van der Waals surface area contributed by atoms with E-state index in [1.807, 2.05) is 30.9 Å². The molecule has 1 aromatic rings. The monoisotopic (exact) mass is 269 g/mol. The molecule has 1 atom stereocenters. The Morgan fingerprint density at radius 3 is 2.88 bits per heavy atom. The number of rotatable bonds is 3. The van der Waals surface area contributed by atoms with Gasteiger partial charge in [-0.05, 0) is 12.1 Å². The molecule has 1 saturated heterocycles. The van der Waals surface area contributed by atoms with Gasteiger partial charge < -0.3 is 0 Å². The fourth-order valence-electron chi connectivity index (χ4n) is 1.51. The molecule has 1 aliphatic heterocycles. The summed E-state index contributed by atoms with van der Waals surface area (Å²) in [4.78, 5) is 15.9. The second-order valence-electron chi connectivity index (χ2n) is 3.67. The van der Waals surface area contributed by atoms with Crippen molar-refractivity contribution in [2.24, 2.45) is 0 Å². The topological polar surface area (TPSA) is 45.2 Å². The predicted molar refractivity (Wildman–Crippen MR) is 74.4 cm³/mol. The van der Waals surface area contributed by atoms with Gasteiger partial charge in [-0.3, -0.25) is 20.2 Å². The van der Waals surface area contributed by atoms with E-state index in [1.165, 1.54) is 0 Å². The zero-order valence-electron chi connectivity index (χ0n) is 9.63. The Bertz CT molecular complexity index is 368. The lowest BCUT2D eigenvalue weighted by Gasteiger charge is -2.25. The average molecular weight is 269 g/mol. The summed E-state index contributed by atoms with van der Waals surface area (Å²) >= 11 is 3.58. The van der Waals surface area contributed by atoms with Crippen molar-refractivity contribution in [2.45, 2.75) is 5.25 Å². The number of nitrogens with one attached hydrogen (secondary N) is 1. The van der Waals surface area contributed by atoms with Crippen LogP contribution in [0.3, 0.4) is 0 Å². The van der Waals surface area contributed by atoms with Gasteiger partial charge in [0.25, 0.3) is 5.91 Å². The Kier molecular flexibility index (Phi) is 4.56. The molecule has 92 valence electrons. The number of carbonyl (C=O) groups is 1. The zero-order valence-corrected chi connectivity index (χ0v) is 11.3. The molecular formula is C11H15N3OS2. The first-order valence-electron chi connectivity index (χ1n) is 5.41. The minimum Gasteiger partial charge on any atom is -0.289 e. The van der Waals surface area contributed by atoms with E-state index in [9.17, 15) is 4.79 Å². The van der Waals surface area contributed by atoms with Gasteiger partial charge in [-0.15, -0.1) is 11.8 Å². The third kappa shape index (κ3) is 3.54. The predicted octanol–water partition coefficient (Wildman–Crippen LogP) is 1.40. The van der Waals surface area contributed by atoms with Crippen LogP contribution in [0.25, 0.3) is 0 Å². The lowest BCUT2D eigenvalue weighted by atomic mass is 10.4. The second kappa shape index (κ2) is 6.16. The largest absolute Gasteiger partial charge is 0.289 e. The van der Waals surface area contributed by atoms with Crippen molar-refractivity contribution in [1.29, 1.82) is 0 Å². The molecule has 0 aromatic carbocycles. The molecule has 1 amide bonds. The Morgan fingerprint density at radius 2 is 2.24 bits per heavy atom. The van der Waals surface area contributed by atoms with Crippen LogP contribution in [0.4, 0.5) is 5.69 Å². The lowest BCUT2D eigenvalue weighted by molar-refractivity contribution is -0.120. The van der Waals surface area contributed by atoms with E-state index in [-0.39, 0.29) is 11.2 Å². The van der Waals surface area contributed by atoms with Crippen LogP contribution in [0.2, 0.25) is 0 Å². The summed E-state index contributed by atoms with van der Waals surface area (Å²) in [5, 5.41) is 1.81. The van der Waals surface area contributed by atoms with E-state index in [2.05, 4.69) is 10.4 Å². The van der Waals surface area contributed by atoms with Gasteiger partial charge in [0.2, 0.25) is 0 Å². The first kappa shape index (κ1) is 12.6. The number of thioether (sulfide) groups is 2. The molecule has 1 fully saturated rings. The van der Waals surface area contributed by atoms with E-state index < -0.39 is 0 Å².